The molecule has 4 heteroatoms. The van der Waals surface area contributed by atoms with E-state index in [0.29, 0.717) is 0 Å². The van der Waals surface area contributed by atoms with Crippen molar-refractivity contribution in [2.24, 2.45) is 0 Å². The van der Waals surface area contributed by atoms with Crippen LogP contribution in [0.3, 0.4) is 0 Å². The highest BCUT2D eigenvalue weighted by Gasteiger charge is 2.51. The van der Waals surface area contributed by atoms with Crippen molar-refractivity contribution >= 4 is 34.5 Å². The minimum atomic E-state index is -0.320. The minimum Gasteiger partial charge on any atom is -0.456 e. The van der Waals surface area contributed by atoms with Crippen molar-refractivity contribution in [3.8, 4) is 0 Å². The van der Waals surface area contributed by atoms with Gasteiger partial charge < -0.3 is 13.7 Å². The molecule has 1 saturated heterocycles. The van der Waals surface area contributed by atoms with Gasteiger partial charge in [-0.15, -0.1) is 0 Å². The van der Waals surface area contributed by atoms with Crippen molar-refractivity contribution in [1.82, 2.24) is 0 Å². The molecule has 0 aliphatic carbocycles. The number of benzene rings is 2. The van der Waals surface area contributed by atoms with E-state index >= 15 is 0 Å². The van der Waals surface area contributed by atoms with Crippen LogP contribution in [0.1, 0.15) is 27.7 Å². The van der Waals surface area contributed by atoms with Crippen molar-refractivity contribution in [1.29, 1.82) is 0 Å². The van der Waals surface area contributed by atoms with E-state index < -0.39 is 0 Å². The first-order valence-corrected chi connectivity index (χ1v) is 6.98. The molecule has 0 amide bonds. The van der Waals surface area contributed by atoms with E-state index in [0.717, 1.165) is 27.4 Å². The molecule has 20 heavy (non-hydrogen) atoms. The molecule has 1 aliphatic rings. The van der Waals surface area contributed by atoms with Crippen LogP contribution in [0.2, 0.25) is 0 Å². The number of rotatable bonds is 1. The third-order valence-corrected chi connectivity index (χ3v) is 4.71. The van der Waals surface area contributed by atoms with Crippen molar-refractivity contribution < 1.29 is 13.7 Å². The van der Waals surface area contributed by atoms with Crippen LogP contribution in [0.25, 0.3) is 21.9 Å². The second kappa shape index (κ2) is 3.57. The third-order valence-electron chi connectivity index (χ3n) is 4.71. The average Bonchev–Trinajstić information content (AvgIpc) is 3.02. The summed E-state index contributed by atoms with van der Waals surface area (Å²) in [6, 6.07) is 10.3. The smallest absolute Gasteiger partial charge is 0.456 e. The highest BCUT2D eigenvalue weighted by Crippen LogP contribution is 2.37. The molecule has 3 heterocycles. The van der Waals surface area contributed by atoms with Crippen molar-refractivity contribution in [2.45, 2.75) is 38.9 Å². The Hall–Kier alpha value is -1.52. The third kappa shape index (κ3) is 1.49. The first-order valence-electron chi connectivity index (χ1n) is 6.98. The molecule has 2 aromatic heterocycles. The molecule has 0 radical (unpaired) electrons. The summed E-state index contributed by atoms with van der Waals surface area (Å²) in [6.45, 7) is 8.27. The number of hydrogen-bond donors (Lipinski definition) is 0. The second-order valence-corrected chi connectivity index (χ2v) is 6.56. The lowest BCUT2D eigenvalue weighted by Crippen LogP contribution is -2.41. The highest BCUT2D eigenvalue weighted by atomic mass is 16.7. The molecule has 1 aliphatic heterocycles. The van der Waals surface area contributed by atoms with Crippen LogP contribution in [0.5, 0.6) is 0 Å². The molecule has 0 atom stereocenters. The van der Waals surface area contributed by atoms with Crippen LogP contribution in [-0.4, -0.2) is 18.3 Å². The summed E-state index contributed by atoms with van der Waals surface area (Å²) < 4.78 is 17.9. The lowest BCUT2D eigenvalue weighted by molar-refractivity contribution is 0.00578. The molecule has 0 saturated carbocycles. The van der Waals surface area contributed by atoms with Gasteiger partial charge in [0, 0.05) is 10.8 Å². The Bertz CT molecular complexity index is 771. The predicted octanol–water partition coefficient (Wildman–Crippen LogP) is 3.32. The summed E-state index contributed by atoms with van der Waals surface area (Å²) in [5, 5.41) is 2.29. The Morgan fingerprint density at radius 3 is 2.05 bits per heavy atom. The van der Waals surface area contributed by atoms with Crippen LogP contribution in [0, 0.1) is 0 Å². The van der Waals surface area contributed by atoms with Crippen LogP contribution in [-0.2, 0) is 9.31 Å². The van der Waals surface area contributed by atoms with E-state index in [-0.39, 0.29) is 18.3 Å². The van der Waals surface area contributed by atoms with Crippen LogP contribution in [0.4, 0.5) is 0 Å². The molecule has 1 aromatic carbocycles. The zero-order chi connectivity index (χ0) is 14.1. The van der Waals surface area contributed by atoms with Gasteiger partial charge in [-0.25, -0.2) is 0 Å². The minimum absolute atomic E-state index is 0.312. The molecule has 4 rings (SSSR count). The summed E-state index contributed by atoms with van der Waals surface area (Å²) in [4.78, 5) is 0. The maximum absolute atomic E-state index is 6.09. The van der Waals surface area contributed by atoms with E-state index in [4.69, 9.17) is 13.7 Å². The molecule has 102 valence electrons. The molecule has 0 spiro atoms. The standard InChI is InChI=1S/C16H17BO3/c1-15(2)16(3,4)20-17(19-15)10-5-6-11-12(9-10)14-8-7-13(11)18-14/h5-9H,1-4H3. The zero-order valence-corrected chi connectivity index (χ0v) is 12.2. The van der Waals surface area contributed by atoms with E-state index in [2.05, 4.69) is 45.9 Å². The SMILES string of the molecule is CC1(C)OB(c2ccc3c4ccc(o4)c3c2)OC1(C)C. The van der Waals surface area contributed by atoms with Crippen molar-refractivity contribution in [3.05, 3.63) is 30.3 Å². The van der Waals surface area contributed by atoms with E-state index in [1.54, 1.807) is 0 Å². The Morgan fingerprint density at radius 1 is 0.800 bits per heavy atom. The summed E-state index contributed by atoms with van der Waals surface area (Å²) in [5.74, 6) is 0. The number of hydrogen-bond acceptors (Lipinski definition) is 3. The fourth-order valence-electron chi connectivity index (χ4n) is 2.73. The molecular formula is C16H17BO3. The van der Waals surface area contributed by atoms with Gasteiger partial charge in [-0.3, -0.25) is 0 Å². The van der Waals surface area contributed by atoms with Crippen molar-refractivity contribution in [3.63, 3.8) is 0 Å². The van der Waals surface area contributed by atoms with Gasteiger partial charge in [-0.05, 0) is 45.3 Å². The molecule has 3 aromatic rings. The molecular weight excluding hydrogens is 251 g/mol. The molecule has 0 N–H and O–H groups in total. The van der Waals surface area contributed by atoms with Gasteiger partial charge in [0.1, 0.15) is 11.2 Å². The van der Waals surface area contributed by atoms with Gasteiger partial charge in [-0.1, -0.05) is 18.2 Å². The maximum atomic E-state index is 6.09. The number of furan rings is 2. The first-order chi connectivity index (χ1) is 9.37. The highest BCUT2D eigenvalue weighted by molar-refractivity contribution is 6.62. The summed E-state index contributed by atoms with van der Waals surface area (Å²) in [6.07, 6.45) is 0. The van der Waals surface area contributed by atoms with E-state index in [1.165, 1.54) is 0 Å². The van der Waals surface area contributed by atoms with Crippen LogP contribution < -0.4 is 5.46 Å². The molecule has 0 unspecified atom stereocenters. The van der Waals surface area contributed by atoms with Gasteiger partial charge in [0.2, 0.25) is 0 Å². The average molecular weight is 268 g/mol. The second-order valence-electron chi connectivity index (χ2n) is 6.56. The van der Waals surface area contributed by atoms with Crippen LogP contribution in [0.15, 0.2) is 34.7 Å². The topological polar surface area (TPSA) is 31.6 Å². The van der Waals surface area contributed by atoms with E-state index in [1.807, 2.05) is 12.1 Å². The molecule has 1 fully saturated rings. The lowest BCUT2D eigenvalue weighted by Gasteiger charge is -2.32. The number of fused-ring (bicyclic) bond motifs is 5. The van der Waals surface area contributed by atoms with Gasteiger partial charge >= 0.3 is 7.12 Å². The van der Waals surface area contributed by atoms with Gasteiger partial charge in [0.25, 0.3) is 0 Å². The van der Waals surface area contributed by atoms with Gasteiger partial charge in [-0.2, -0.15) is 0 Å². The van der Waals surface area contributed by atoms with Gasteiger partial charge in [0.05, 0.1) is 11.2 Å². The fraction of sp³-hybridized carbons (Fsp3) is 0.375. The predicted molar refractivity (Wildman–Crippen MR) is 80.6 cm³/mol. The fourth-order valence-corrected chi connectivity index (χ4v) is 2.73. The summed E-state index contributed by atoms with van der Waals surface area (Å²) in [5.41, 5.74) is 2.28. The Labute approximate surface area is 118 Å². The summed E-state index contributed by atoms with van der Waals surface area (Å²) >= 11 is 0. The van der Waals surface area contributed by atoms with Crippen molar-refractivity contribution in [2.75, 3.05) is 0 Å². The maximum Gasteiger partial charge on any atom is 0.494 e. The largest absolute Gasteiger partial charge is 0.494 e. The lowest BCUT2D eigenvalue weighted by atomic mass is 9.78. The van der Waals surface area contributed by atoms with Gasteiger partial charge in [0.15, 0.2) is 0 Å². The Morgan fingerprint density at radius 2 is 1.40 bits per heavy atom. The summed E-state index contributed by atoms with van der Waals surface area (Å²) in [7, 11) is -0.320. The molecule has 3 nitrogen and oxygen atoms in total. The first kappa shape index (κ1) is 12.2. The quantitative estimate of drug-likeness (QED) is 0.634. The monoisotopic (exact) mass is 268 g/mol. The zero-order valence-electron chi connectivity index (χ0n) is 12.2. The van der Waals surface area contributed by atoms with E-state index in [9.17, 15) is 0 Å². The Balaban J connectivity index is 1.78. The Kier molecular flexibility index (Phi) is 2.19. The van der Waals surface area contributed by atoms with Crippen LogP contribution >= 0.6 is 0 Å². The normalized spacial score (nSPS) is 21.3. The molecule has 2 bridgehead atoms.